The van der Waals surface area contributed by atoms with Crippen LogP contribution >= 0.6 is 31.9 Å². The van der Waals surface area contributed by atoms with Crippen LogP contribution in [0.5, 0.6) is 5.75 Å². The molecule has 2 N–H and O–H groups in total. The summed E-state index contributed by atoms with van der Waals surface area (Å²) in [4.78, 5) is 11.9. The molecule has 0 aliphatic heterocycles. The molecule has 0 saturated carbocycles. The van der Waals surface area contributed by atoms with Gasteiger partial charge in [0.25, 0.3) is 5.56 Å². The van der Waals surface area contributed by atoms with Gasteiger partial charge in [-0.2, -0.15) is 0 Å². The third-order valence-electron chi connectivity index (χ3n) is 2.68. The number of aromatic nitrogens is 1. The summed E-state index contributed by atoms with van der Waals surface area (Å²) in [5, 5.41) is 0. The lowest BCUT2D eigenvalue weighted by Gasteiger charge is -2.09. The summed E-state index contributed by atoms with van der Waals surface area (Å²) in [6.45, 7) is 1.12. The van der Waals surface area contributed by atoms with Gasteiger partial charge in [0.1, 0.15) is 5.75 Å². The van der Waals surface area contributed by atoms with Crippen LogP contribution in [0.3, 0.4) is 0 Å². The fourth-order valence-electron chi connectivity index (χ4n) is 1.76. The highest BCUT2D eigenvalue weighted by atomic mass is 79.9. The molecule has 0 aliphatic rings. The van der Waals surface area contributed by atoms with E-state index >= 15 is 0 Å². The van der Waals surface area contributed by atoms with Gasteiger partial charge in [-0.15, -0.1) is 0 Å². The summed E-state index contributed by atoms with van der Waals surface area (Å²) in [5.41, 5.74) is 6.30. The first kappa shape index (κ1) is 15.1. The summed E-state index contributed by atoms with van der Waals surface area (Å²) < 4.78 is 8.65. The van der Waals surface area contributed by atoms with Crippen molar-refractivity contribution in [2.45, 2.75) is 13.0 Å². The molecule has 1 aromatic heterocycles. The van der Waals surface area contributed by atoms with Gasteiger partial charge in [-0.05, 0) is 56.5 Å². The van der Waals surface area contributed by atoms with E-state index in [0.29, 0.717) is 23.3 Å². The quantitative estimate of drug-likeness (QED) is 0.616. The number of anilines is 1. The van der Waals surface area contributed by atoms with Crippen molar-refractivity contribution in [2.75, 3.05) is 12.3 Å². The Kier molecular flexibility index (Phi) is 5.25. The lowest BCUT2D eigenvalue weighted by Crippen LogP contribution is -2.21. The van der Waals surface area contributed by atoms with Gasteiger partial charge < -0.3 is 15.0 Å². The SMILES string of the molecule is Nc1cccc(OCCCn2cc(Br)cc(Br)c2=O)c1. The third-order valence-corrected chi connectivity index (χ3v) is 3.68. The van der Waals surface area contributed by atoms with Crippen LogP contribution in [-0.2, 0) is 6.54 Å². The van der Waals surface area contributed by atoms with Crippen LogP contribution in [0.25, 0.3) is 0 Å². The van der Waals surface area contributed by atoms with E-state index in [0.717, 1.165) is 16.6 Å². The maximum absolute atomic E-state index is 11.9. The number of rotatable bonds is 5. The van der Waals surface area contributed by atoms with Crippen LogP contribution in [0.4, 0.5) is 5.69 Å². The smallest absolute Gasteiger partial charge is 0.264 e. The van der Waals surface area contributed by atoms with Gasteiger partial charge in [-0.1, -0.05) is 6.07 Å². The third kappa shape index (κ3) is 4.11. The van der Waals surface area contributed by atoms with Crippen LogP contribution in [0.2, 0.25) is 0 Å². The van der Waals surface area contributed by atoms with Gasteiger partial charge in [0.05, 0.1) is 11.1 Å². The second kappa shape index (κ2) is 6.95. The minimum absolute atomic E-state index is 0.0443. The Balaban J connectivity index is 1.89. The van der Waals surface area contributed by atoms with Crippen molar-refractivity contribution >= 4 is 37.5 Å². The van der Waals surface area contributed by atoms with Gasteiger partial charge in [0.15, 0.2) is 0 Å². The van der Waals surface area contributed by atoms with E-state index in [-0.39, 0.29) is 5.56 Å². The lowest BCUT2D eigenvalue weighted by molar-refractivity contribution is 0.301. The fourth-order valence-corrected chi connectivity index (χ4v) is 3.02. The molecule has 0 saturated heterocycles. The summed E-state index contributed by atoms with van der Waals surface area (Å²) in [7, 11) is 0. The van der Waals surface area contributed by atoms with E-state index in [1.54, 1.807) is 22.9 Å². The summed E-state index contributed by atoms with van der Waals surface area (Å²) >= 11 is 6.61. The van der Waals surface area contributed by atoms with Gasteiger partial charge in [-0.25, -0.2) is 0 Å². The minimum atomic E-state index is -0.0443. The van der Waals surface area contributed by atoms with E-state index in [1.165, 1.54) is 0 Å². The summed E-state index contributed by atoms with van der Waals surface area (Å²) in [6, 6.07) is 9.04. The molecule has 0 atom stereocenters. The van der Waals surface area contributed by atoms with Gasteiger partial charge in [0, 0.05) is 29.0 Å². The Hall–Kier alpha value is -1.27. The summed E-state index contributed by atoms with van der Waals surface area (Å²) in [5.74, 6) is 0.743. The van der Waals surface area contributed by atoms with Crippen molar-refractivity contribution in [2.24, 2.45) is 0 Å². The van der Waals surface area contributed by atoms with Gasteiger partial charge >= 0.3 is 0 Å². The highest BCUT2D eigenvalue weighted by Gasteiger charge is 2.03. The second-order valence-corrected chi connectivity index (χ2v) is 6.05. The van der Waals surface area contributed by atoms with E-state index < -0.39 is 0 Å². The Bertz CT molecular complexity index is 656. The number of halogens is 2. The molecule has 0 amide bonds. The second-order valence-electron chi connectivity index (χ2n) is 4.28. The highest BCUT2D eigenvalue weighted by molar-refractivity contribution is 9.11. The number of hydrogen-bond acceptors (Lipinski definition) is 3. The number of nitrogen functional groups attached to an aromatic ring is 1. The predicted molar refractivity (Wildman–Crippen MR) is 87.1 cm³/mol. The van der Waals surface area contributed by atoms with E-state index in [4.69, 9.17) is 10.5 Å². The Morgan fingerprint density at radius 2 is 2.05 bits per heavy atom. The Morgan fingerprint density at radius 3 is 2.80 bits per heavy atom. The molecular weight excluding hydrogens is 388 g/mol. The Morgan fingerprint density at radius 1 is 1.25 bits per heavy atom. The molecule has 0 radical (unpaired) electrons. The van der Waals surface area contributed by atoms with Crippen LogP contribution in [0.15, 0.2) is 50.3 Å². The zero-order valence-electron chi connectivity index (χ0n) is 10.7. The Labute approximate surface area is 133 Å². The normalized spacial score (nSPS) is 10.5. The van der Waals surface area contributed by atoms with Crippen molar-refractivity contribution in [3.63, 3.8) is 0 Å². The van der Waals surface area contributed by atoms with Gasteiger partial charge in [-0.3, -0.25) is 4.79 Å². The molecule has 0 spiro atoms. The zero-order valence-corrected chi connectivity index (χ0v) is 13.9. The first-order valence-electron chi connectivity index (χ1n) is 6.10. The minimum Gasteiger partial charge on any atom is -0.493 e. The maximum Gasteiger partial charge on any atom is 0.264 e. The number of benzene rings is 1. The number of hydrogen-bond donors (Lipinski definition) is 1. The zero-order chi connectivity index (χ0) is 14.5. The van der Waals surface area contributed by atoms with Crippen molar-refractivity contribution in [1.82, 2.24) is 4.57 Å². The molecule has 4 nitrogen and oxygen atoms in total. The standard InChI is InChI=1S/C14H14Br2N2O2/c15-10-7-13(16)14(19)18(9-10)5-2-6-20-12-4-1-3-11(17)8-12/h1,3-4,7-9H,2,5-6,17H2. The van der Waals surface area contributed by atoms with Crippen LogP contribution in [-0.4, -0.2) is 11.2 Å². The van der Waals surface area contributed by atoms with Crippen molar-refractivity contribution in [3.05, 3.63) is 55.8 Å². The average Bonchev–Trinajstić information content (AvgIpc) is 2.40. The number of ether oxygens (including phenoxy) is 1. The van der Waals surface area contributed by atoms with E-state index in [1.807, 2.05) is 18.2 Å². The molecule has 0 bridgehead atoms. The molecule has 2 rings (SSSR count). The molecule has 6 heteroatoms. The monoisotopic (exact) mass is 400 g/mol. The number of aryl methyl sites for hydroxylation is 1. The van der Waals surface area contributed by atoms with Crippen LogP contribution < -0.4 is 16.0 Å². The molecule has 0 fully saturated rings. The fraction of sp³-hybridized carbons (Fsp3) is 0.214. The molecule has 0 unspecified atom stereocenters. The largest absolute Gasteiger partial charge is 0.493 e. The van der Waals surface area contributed by atoms with Crippen LogP contribution in [0.1, 0.15) is 6.42 Å². The topological polar surface area (TPSA) is 57.2 Å². The lowest BCUT2D eigenvalue weighted by atomic mass is 10.3. The van der Waals surface area contributed by atoms with Crippen LogP contribution in [0, 0.1) is 0 Å². The highest BCUT2D eigenvalue weighted by Crippen LogP contribution is 2.15. The average molecular weight is 402 g/mol. The van der Waals surface area contributed by atoms with Crippen molar-refractivity contribution < 1.29 is 4.74 Å². The number of pyridine rings is 1. The number of nitrogens with two attached hydrogens (primary N) is 1. The molecule has 106 valence electrons. The molecule has 1 heterocycles. The first-order chi connectivity index (χ1) is 9.56. The predicted octanol–water partition coefficient (Wildman–Crippen LogP) is 3.42. The molecular formula is C14H14Br2N2O2. The maximum atomic E-state index is 11.9. The van der Waals surface area contributed by atoms with Gasteiger partial charge in [0.2, 0.25) is 0 Å². The van der Waals surface area contributed by atoms with Crippen molar-refractivity contribution in [1.29, 1.82) is 0 Å². The first-order valence-corrected chi connectivity index (χ1v) is 7.68. The summed E-state index contributed by atoms with van der Waals surface area (Å²) in [6.07, 6.45) is 2.51. The van der Waals surface area contributed by atoms with E-state index in [9.17, 15) is 4.79 Å². The molecule has 0 aliphatic carbocycles. The molecule has 2 aromatic rings. The molecule has 20 heavy (non-hydrogen) atoms. The number of nitrogens with zero attached hydrogens (tertiary/aromatic N) is 1. The van der Waals surface area contributed by atoms with Crippen molar-refractivity contribution in [3.8, 4) is 5.75 Å². The molecule has 1 aromatic carbocycles. The van der Waals surface area contributed by atoms with E-state index in [2.05, 4.69) is 31.9 Å².